The van der Waals surface area contributed by atoms with Gasteiger partial charge in [0.1, 0.15) is 11.4 Å². The van der Waals surface area contributed by atoms with Gasteiger partial charge in [0.05, 0.1) is 13.2 Å². The Morgan fingerprint density at radius 2 is 2.00 bits per heavy atom. The Morgan fingerprint density at radius 3 is 2.60 bits per heavy atom. The number of benzene rings is 1. The van der Waals surface area contributed by atoms with E-state index in [4.69, 9.17) is 10.5 Å². The summed E-state index contributed by atoms with van der Waals surface area (Å²) in [7, 11) is 0. The van der Waals surface area contributed by atoms with E-state index in [-0.39, 0.29) is 17.1 Å². The summed E-state index contributed by atoms with van der Waals surface area (Å²) in [5.74, 6) is -0.608. The quantitative estimate of drug-likeness (QED) is 0.680. The molecule has 0 bridgehead atoms. The van der Waals surface area contributed by atoms with Gasteiger partial charge >= 0.3 is 0 Å². The fraction of sp³-hybridized carbons (Fsp3) is 0.400. The number of phenolic OH excluding ortho intramolecular Hbond substituents is 1. The molecule has 0 spiro atoms. The number of nitrogens with zero attached hydrogens (tertiary/aromatic N) is 1. The van der Waals surface area contributed by atoms with Gasteiger partial charge in [0, 0.05) is 24.8 Å². The van der Waals surface area contributed by atoms with Crippen molar-refractivity contribution in [2.24, 2.45) is 0 Å². The number of ether oxygens (including phenoxy) is 1. The van der Waals surface area contributed by atoms with Crippen molar-refractivity contribution in [1.82, 2.24) is 0 Å². The zero-order valence-corrected chi connectivity index (χ0v) is 8.24. The summed E-state index contributed by atoms with van der Waals surface area (Å²) in [6, 6.07) is 2.57. The van der Waals surface area contributed by atoms with Crippen LogP contribution in [0.4, 0.5) is 15.8 Å². The Labute approximate surface area is 87.1 Å². The van der Waals surface area contributed by atoms with Crippen molar-refractivity contribution >= 4 is 11.4 Å². The first-order valence-electron chi connectivity index (χ1n) is 4.79. The predicted molar refractivity (Wildman–Crippen MR) is 55.5 cm³/mol. The second-order valence-electron chi connectivity index (χ2n) is 3.47. The van der Waals surface area contributed by atoms with Gasteiger partial charge in [0.25, 0.3) is 0 Å². The Bertz CT molecular complexity index is 341. The van der Waals surface area contributed by atoms with E-state index in [0.29, 0.717) is 26.3 Å². The molecule has 0 unspecified atom stereocenters. The van der Waals surface area contributed by atoms with Gasteiger partial charge in [-0.25, -0.2) is 4.39 Å². The highest BCUT2D eigenvalue weighted by Gasteiger charge is 2.19. The number of anilines is 2. The van der Waals surface area contributed by atoms with E-state index in [1.165, 1.54) is 12.1 Å². The number of phenols is 1. The van der Waals surface area contributed by atoms with Crippen LogP contribution in [0, 0.1) is 5.82 Å². The van der Waals surface area contributed by atoms with Crippen LogP contribution in [-0.2, 0) is 4.74 Å². The molecule has 0 aromatic heterocycles. The minimum absolute atomic E-state index is 0.116. The average molecular weight is 212 g/mol. The van der Waals surface area contributed by atoms with Gasteiger partial charge in [0.15, 0.2) is 5.82 Å². The number of rotatable bonds is 1. The van der Waals surface area contributed by atoms with Crippen molar-refractivity contribution in [3.8, 4) is 5.75 Å². The van der Waals surface area contributed by atoms with Crippen molar-refractivity contribution in [3.05, 3.63) is 17.9 Å². The number of nitrogens with two attached hydrogens (primary N) is 1. The topological polar surface area (TPSA) is 58.7 Å². The average Bonchev–Trinajstić information content (AvgIpc) is 2.17. The molecule has 2 rings (SSSR count). The molecule has 1 fully saturated rings. The molecule has 1 aromatic rings. The van der Waals surface area contributed by atoms with Crippen LogP contribution in [0.2, 0.25) is 0 Å². The Hall–Kier alpha value is -1.49. The molecule has 4 nitrogen and oxygen atoms in total. The first-order valence-corrected chi connectivity index (χ1v) is 4.79. The van der Waals surface area contributed by atoms with Gasteiger partial charge in [-0.3, -0.25) is 0 Å². The van der Waals surface area contributed by atoms with E-state index in [1.54, 1.807) is 4.90 Å². The molecule has 15 heavy (non-hydrogen) atoms. The molecule has 0 radical (unpaired) electrons. The molecule has 1 aliphatic heterocycles. The van der Waals surface area contributed by atoms with Gasteiger partial charge in [-0.05, 0) is 6.07 Å². The van der Waals surface area contributed by atoms with Crippen LogP contribution >= 0.6 is 0 Å². The molecule has 0 aliphatic carbocycles. The van der Waals surface area contributed by atoms with Crippen molar-refractivity contribution < 1.29 is 14.2 Å². The van der Waals surface area contributed by atoms with Crippen molar-refractivity contribution in [2.45, 2.75) is 0 Å². The third-order valence-electron chi connectivity index (χ3n) is 2.39. The van der Waals surface area contributed by atoms with Gasteiger partial charge in [0.2, 0.25) is 0 Å². The lowest BCUT2D eigenvalue weighted by Gasteiger charge is -2.29. The number of halogens is 1. The lowest BCUT2D eigenvalue weighted by atomic mass is 10.2. The normalized spacial score (nSPS) is 16.7. The zero-order chi connectivity index (χ0) is 10.8. The molecule has 1 saturated heterocycles. The van der Waals surface area contributed by atoms with E-state index in [2.05, 4.69) is 0 Å². The minimum Gasteiger partial charge on any atom is -0.506 e. The van der Waals surface area contributed by atoms with Gasteiger partial charge < -0.3 is 20.5 Å². The molecule has 0 amide bonds. The molecule has 82 valence electrons. The minimum atomic E-state index is -0.491. The highest BCUT2D eigenvalue weighted by Crippen LogP contribution is 2.32. The van der Waals surface area contributed by atoms with Crippen molar-refractivity contribution in [3.63, 3.8) is 0 Å². The Morgan fingerprint density at radius 1 is 1.33 bits per heavy atom. The molecular weight excluding hydrogens is 199 g/mol. The first-order chi connectivity index (χ1) is 7.18. The Balaban J connectivity index is 2.33. The van der Waals surface area contributed by atoms with Crippen LogP contribution in [0.1, 0.15) is 0 Å². The van der Waals surface area contributed by atoms with Gasteiger partial charge in [-0.1, -0.05) is 0 Å². The molecule has 5 heteroatoms. The number of hydrogen-bond acceptors (Lipinski definition) is 4. The number of morpholine rings is 1. The van der Waals surface area contributed by atoms with E-state index < -0.39 is 5.82 Å². The summed E-state index contributed by atoms with van der Waals surface area (Å²) in [6.07, 6.45) is 0. The van der Waals surface area contributed by atoms with Gasteiger partial charge in [-0.15, -0.1) is 0 Å². The molecule has 0 atom stereocenters. The van der Waals surface area contributed by atoms with Gasteiger partial charge in [-0.2, -0.15) is 0 Å². The highest BCUT2D eigenvalue weighted by molar-refractivity contribution is 5.64. The van der Waals surface area contributed by atoms with Crippen LogP contribution < -0.4 is 10.6 Å². The summed E-state index contributed by atoms with van der Waals surface area (Å²) in [4.78, 5) is 1.76. The first kappa shape index (κ1) is 10.0. The number of nitrogen functional groups attached to an aromatic ring is 1. The Kier molecular flexibility index (Phi) is 2.64. The van der Waals surface area contributed by atoms with Crippen LogP contribution in [0.5, 0.6) is 5.75 Å². The molecule has 0 saturated carbocycles. The van der Waals surface area contributed by atoms with Crippen molar-refractivity contribution in [1.29, 1.82) is 0 Å². The maximum Gasteiger partial charge on any atom is 0.152 e. The van der Waals surface area contributed by atoms with Crippen LogP contribution in [0.25, 0.3) is 0 Å². The molecule has 1 heterocycles. The summed E-state index contributed by atoms with van der Waals surface area (Å²) < 4.78 is 18.7. The largest absolute Gasteiger partial charge is 0.506 e. The second-order valence-corrected chi connectivity index (χ2v) is 3.47. The molecule has 3 N–H and O–H groups in total. The molecule has 1 aliphatic rings. The lowest BCUT2D eigenvalue weighted by Crippen LogP contribution is -2.36. The maximum atomic E-state index is 13.6. The maximum absolute atomic E-state index is 13.6. The summed E-state index contributed by atoms with van der Waals surface area (Å²) >= 11 is 0. The number of hydrogen-bond donors (Lipinski definition) is 2. The molecule has 1 aromatic carbocycles. The third kappa shape index (κ3) is 1.97. The smallest absolute Gasteiger partial charge is 0.152 e. The monoisotopic (exact) mass is 212 g/mol. The predicted octanol–water partition coefficient (Wildman–Crippen LogP) is 0.950. The summed E-state index contributed by atoms with van der Waals surface area (Å²) in [5.41, 5.74) is 5.85. The van der Waals surface area contributed by atoms with Crippen LogP contribution in [0.3, 0.4) is 0 Å². The van der Waals surface area contributed by atoms with Crippen molar-refractivity contribution in [2.75, 3.05) is 36.9 Å². The molecular formula is C10H13FN2O2. The summed E-state index contributed by atoms with van der Waals surface area (Å²) in [5, 5.41) is 9.62. The highest BCUT2D eigenvalue weighted by atomic mass is 19.1. The van der Waals surface area contributed by atoms with E-state index in [9.17, 15) is 9.50 Å². The SMILES string of the molecule is Nc1cc(O)c(N2CCOCC2)c(F)c1. The fourth-order valence-electron chi connectivity index (χ4n) is 1.70. The third-order valence-corrected chi connectivity index (χ3v) is 2.39. The van der Waals surface area contributed by atoms with Crippen LogP contribution in [-0.4, -0.2) is 31.4 Å². The van der Waals surface area contributed by atoms with E-state index >= 15 is 0 Å². The zero-order valence-electron chi connectivity index (χ0n) is 8.24. The lowest BCUT2D eigenvalue weighted by molar-refractivity contribution is 0.122. The number of aromatic hydroxyl groups is 1. The summed E-state index contributed by atoms with van der Waals surface area (Å²) in [6.45, 7) is 2.25. The van der Waals surface area contributed by atoms with E-state index in [1.807, 2.05) is 0 Å². The fourth-order valence-corrected chi connectivity index (χ4v) is 1.70. The van der Waals surface area contributed by atoms with E-state index in [0.717, 1.165) is 0 Å². The second kappa shape index (κ2) is 3.94. The van der Waals surface area contributed by atoms with Crippen LogP contribution in [0.15, 0.2) is 12.1 Å². The standard InChI is InChI=1S/C10H13FN2O2/c11-8-5-7(12)6-9(14)10(8)13-1-3-15-4-2-13/h5-6,14H,1-4,12H2.